The summed E-state index contributed by atoms with van der Waals surface area (Å²) in [6.07, 6.45) is 0. The smallest absolute Gasteiger partial charge is 0.164 e. The molecular weight excluding hydrogens is 899 g/mol. The van der Waals surface area contributed by atoms with E-state index in [-0.39, 0.29) is 10.8 Å². The van der Waals surface area contributed by atoms with Gasteiger partial charge in [0.15, 0.2) is 17.5 Å². The number of para-hydroxylation sites is 1. The van der Waals surface area contributed by atoms with E-state index in [2.05, 4.69) is 225 Å². The van der Waals surface area contributed by atoms with Crippen molar-refractivity contribution in [3.05, 3.63) is 247 Å². The second kappa shape index (κ2) is 15.7. The van der Waals surface area contributed by atoms with Crippen LogP contribution in [0.15, 0.2) is 224 Å². The molecule has 0 unspecified atom stereocenters. The second-order valence-electron chi connectivity index (χ2n) is 21.2. The van der Waals surface area contributed by atoms with Gasteiger partial charge in [-0.25, -0.2) is 15.0 Å². The molecule has 0 spiro atoms. The fourth-order valence-corrected chi connectivity index (χ4v) is 12.6. The average Bonchev–Trinajstić information content (AvgIpc) is 4.10. The molecule has 0 fully saturated rings. The molecule has 0 radical (unpaired) electrons. The van der Waals surface area contributed by atoms with Gasteiger partial charge in [0.1, 0.15) is 0 Å². The highest BCUT2D eigenvalue weighted by atomic mass is 15.0. The number of rotatable bonds is 6. The Morgan fingerprint density at radius 2 is 0.662 bits per heavy atom. The lowest BCUT2D eigenvalue weighted by Gasteiger charge is -2.21. The number of fused-ring (bicyclic) bond motifs is 12. The third-order valence-electron chi connectivity index (χ3n) is 16.4. The molecule has 350 valence electrons. The summed E-state index contributed by atoms with van der Waals surface area (Å²) in [6, 6.07) is 81.7. The molecule has 3 aromatic heterocycles. The minimum atomic E-state index is -0.156. The van der Waals surface area contributed by atoms with E-state index < -0.39 is 0 Å². The summed E-state index contributed by atoms with van der Waals surface area (Å²) in [5, 5.41) is 4.89. The molecule has 0 amide bonds. The molecule has 2 aliphatic carbocycles. The van der Waals surface area contributed by atoms with E-state index in [0.717, 1.165) is 39.0 Å². The van der Waals surface area contributed by atoms with E-state index in [1.165, 1.54) is 88.3 Å². The van der Waals surface area contributed by atoms with Crippen LogP contribution in [0.4, 0.5) is 0 Å². The fraction of sp³-hybridized carbons (Fsp3) is 0.0870. The molecule has 3 heterocycles. The van der Waals surface area contributed by atoms with E-state index in [4.69, 9.17) is 15.0 Å². The van der Waals surface area contributed by atoms with E-state index in [1.807, 2.05) is 36.4 Å². The third kappa shape index (κ3) is 6.20. The molecule has 2 aliphatic rings. The largest absolute Gasteiger partial charge is 0.309 e. The minimum Gasteiger partial charge on any atom is -0.309 e. The highest BCUT2D eigenvalue weighted by molar-refractivity contribution is 6.13. The standard InChI is InChI=1S/C69H49N5/c1-68(2)57-24-14-11-21-49(57)52-38-55-51-23-13-16-26-61(51)73(63(55)40-59(52)68)47-32-27-42(28-33-47)43-29-34-48(35-30-43)74-62-36-31-46(67-71-65(44-17-7-5-8-18-44)70-66(72-67)45-19-9-6-10-20-45)37-54(62)56-39-53-50-22-12-15-25-58(50)69(3,4)60(53)41-64(56)74/h5-41H,1-4H3. The summed E-state index contributed by atoms with van der Waals surface area (Å²) in [6.45, 7) is 9.44. The highest BCUT2D eigenvalue weighted by Crippen LogP contribution is 2.53. The normalized spacial score (nSPS) is 13.9. The van der Waals surface area contributed by atoms with Crippen LogP contribution in [0.2, 0.25) is 0 Å². The molecule has 5 heteroatoms. The van der Waals surface area contributed by atoms with E-state index >= 15 is 0 Å². The quantitative estimate of drug-likeness (QED) is 0.167. The summed E-state index contributed by atoms with van der Waals surface area (Å²) < 4.78 is 4.89. The number of aromatic nitrogens is 5. The number of benzene rings is 10. The van der Waals surface area contributed by atoms with Crippen LogP contribution in [0, 0.1) is 0 Å². The monoisotopic (exact) mass is 947 g/mol. The first kappa shape index (κ1) is 42.5. The van der Waals surface area contributed by atoms with Crippen molar-refractivity contribution in [3.8, 4) is 78.9 Å². The van der Waals surface area contributed by atoms with Crippen LogP contribution in [0.5, 0.6) is 0 Å². The molecule has 0 atom stereocenters. The number of hydrogen-bond donors (Lipinski definition) is 0. The van der Waals surface area contributed by atoms with Crippen LogP contribution in [0.3, 0.4) is 0 Å². The first-order valence-corrected chi connectivity index (χ1v) is 25.7. The zero-order valence-electron chi connectivity index (χ0n) is 41.6. The predicted molar refractivity (Wildman–Crippen MR) is 305 cm³/mol. The lowest BCUT2D eigenvalue weighted by molar-refractivity contribution is 0.661. The van der Waals surface area contributed by atoms with Crippen LogP contribution in [-0.4, -0.2) is 24.1 Å². The Morgan fingerprint density at radius 3 is 1.18 bits per heavy atom. The van der Waals surface area contributed by atoms with Crippen LogP contribution in [0.1, 0.15) is 49.9 Å². The number of hydrogen-bond acceptors (Lipinski definition) is 3. The zero-order valence-corrected chi connectivity index (χ0v) is 41.6. The third-order valence-corrected chi connectivity index (χ3v) is 16.4. The van der Waals surface area contributed by atoms with Gasteiger partial charge in [0.2, 0.25) is 0 Å². The summed E-state index contributed by atoms with van der Waals surface area (Å²) in [7, 11) is 0. The van der Waals surface area contributed by atoms with Crippen LogP contribution in [0.25, 0.3) is 123 Å². The molecule has 10 aromatic carbocycles. The van der Waals surface area contributed by atoms with Gasteiger partial charge in [0, 0.05) is 60.4 Å². The zero-order chi connectivity index (χ0) is 49.5. The Balaban J connectivity index is 0.847. The van der Waals surface area contributed by atoms with Crippen molar-refractivity contribution in [1.29, 1.82) is 0 Å². The van der Waals surface area contributed by atoms with Crippen LogP contribution < -0.4 is 0 Å². The summed E-state index contributed by atoms with van der Waals surface area (Å²) in [5.74, 6) is 1.93. The molecular formula is C69H49N5. The molecule has 0 saturated carbocycles. The fourth-order valence-electron chi connectivity index (χ4n) is 12.6. The van der Waals surface area contributed by atoms with Crippen molar-refractivity contribution in [3.63, 3.8) is 0 Å². The second-order valence-corrected chi connectivity index (χ2v) is 21.2. The Labute approximate surface area is 429 Å². The molecule has 5 nitrogen and oxygen atoms in total. The van der Waals surface area contributed by atoms with Crippen LogP contribution >= 0.6 is 0 Å². The van der Waals surface area contributed by atoms with Gasteiger partial charge in [-0.2, -0.15) is 0 Å². The Hall–Kier alpha value is -9.19. The Kier molecular flexibility index (Phi) is 8.99. The van der Waals surface area contributed by atoms with E-state index in [1.54, 1.807) is 0 Å². The van der Waals surface area contributed by atoms with Crippen molar-refractivity contribution in [2.24, 2.45) is 0 Å². The van der Waals surface area contributed by atoms with Crippen molar-refractivity contribution < 1.29 is 0 Å². The Bertz CT molecular complexity index is 4390. The average molecular weight is 948 g/mol. The van der Waals surface area contributed by atoms with Gasteiger partial charge >= 0.3 is 0 Å². The molecule has 0 bridgehead atoms. The SMILES string of the molecule is CC1(C)c2ccccc2-c2cc3c4ccccc4n(-c4ccc(-c5ccc(-n6c7ccc(-c8nc(-c9ccccc9)nc(-c9ccccc9)n8)cc7c7cc8c(cc76)C(C)(C)c6ccccc6-8)cc5)cc4)c3cc21. The van der Waals surface area contributed by atoms with Crippen molar-refractivity contribution in [2.75, 3.05) is 0 Å². The van der Waals surface area contributed by atoms with Crippen molar-refractivity contribution in [2.45, 2.75) is 38.5 Å². The summed E-state index contributed by atoms with van der Waals surface area (Å²) in [5.41, 5.74) is 22.7. The Morgan fingerprint density at radius 1 is 0.270 bits per heavy atom. The molecule has 0 saturated heterocycles. The lowest BCUT2D eigenvalue weighted by Crippen LogP contribution is -2.15. The molecule has 15 rings (SSSR count). The maximum absolute atomic E-state index is 5.14. The predicted octanol–water partition coefficient (Wildman–Crippen LogP) is 17.3. The lowest BCUT2D eigenvalue weighted by atomic mass is 9.82. The minimum absolute atomic E-state index is 0.0858. The van der Waals surface area contributed by atoms with E-state index in [0.29, 0.717) is 17.5 Å². The molecule has 0 aliphatic heterocycles. The molecule has 74 heavy (non-hydrogen) atoms. The first-order valence-electron chi connectivity index (χ1n) is 25.7. The number of nitrogens with zero attached hydrogens (tertiary/aromatic N) is 5. The maximum Gasteiger partial charge on any atom is 0.164 e. The van der Waals surface area contributed by atoms with E-state index in [9.17, 15) is 0 Å². The highest BCUT2D eigenvalue weighted by Gasteiger charge is 2.37. The van der Waals surface area contributed by atoms with Gasteiger partial charge in [-0.3, -0.25) is 0 Å². The van der Waals surface area contributed by atoms with Gasteiger partial charge in [-0.05, 0) is 128 Å². The van der Waals surface area contributed by atoms with Gasteiger partial charge in [0.25, 0.3) is 0 Å². The van der Waals surface area contributed by atoms with Gasteiger partial charge in [0.05, 0.1) is 22.1 Å². The van der Waals surface area contributed by atoms with Gasteiger partial charge in [-0.15, -0.1) is 0 Å². The van der Waals surface area contributed by atoms with Gasteiger partial charge in [-0.1, -0.05) is 179 Å². The summed E-state index contributed by atoms with van der Waals surface area (Å²) >= 11 is 0. The van der Waals surface area contributed by atoms with Crippen molar-refractivity contribution >= 4 is 43.6 Å². The van der Waals surface area contributed by atoms with Crippen LogP contribution in [-0.2, 0) is 10.8 Å². The topological polar surface area (TPSA) is 48.5 Å². The van der Waals surface area contributed by atoms with Crippen molar-refractivity contribution in [1.82, 2.24) is 24.1 Å². The maximum atomic E-state index is 5.14. The molecule has 13 aromatic rings. The first-order chi connectivity index (χ1) is 36.2. The van der Waals surface area contributed by atoms with Gasteiger partial charge < -0.3 is 9.13 Å². The molecule has 0 N–H and O–H groups in total. The summed E-state index contributed by atoms with van der Waals surface area (Å²) in [4.78, 5) is 15.3.